The Bertz CT molecular complexity index is 163. The van der Waals surface area contributed by atoms with E-state index in [1.54, 1.807) is 0 Å². The molecule has 0 aliphatic carbocycles. The molecule has 1 heterocycles. The van der Waals surface area contributed by atoms with Crippen LogP contribution in [0.4, 0.5) is 0 Å². The van der Waals surface area contributed by atoms with E-state index in [2.05, 4.69) is 23.8 Å². The quantitative estimate of drug-likeness (QED) is 0.729. The smallest absolute Gasteiger partial charge is 0.0664 e. The van der Waals surface area contributed by atoms with Crippen LogP contribution in [0.2, 0.25) is 0 Å². The summed E-state index contributed by atoms with van der Waals surface area (Å²) in [5.41, 5.74) is 0. The van der Waals surface area contributed by atoms with Crippen molar-refractivity contribution in [3.8, 4) is 0 Å². The minimum Gasteiger partial charge on any atom is -0.392 e. The van der Waals surface area contributed by atoms with Crippen molar-refractivity contribution >= 4 is 0 Å². The summed E-state index contributed by atoms with van der Waals surface area (Å²) in [7, 11) is 2.18. The van der Waals surface area contributed by atoms with E-state index in [0.29, 0.717) is 6.04 Å². The second-order valence-electron chi connectivity index (χ2n) is 4.52. The van der Waals surface area contributed by atoms with Crippen LogP contribution in [0.25, 0.3) is 0 Å². The maximum Gasteiger partial charge on any atom is 0.0664 e. The molecular weight excluding hydrogens is 176 g/mol. The number of β-amino-alcohol motifs (C(OH)–C–C–N with tert-alkyl or cyclic N) is 1. The molecule has 1 N–H and O–H groups in total. The lowest BCUT2D eigenvalue weighted by molar-refractivity contribution is 0.0894. The maximum atomic E-state index is 9.63. The molecule has 1 aliphatic rings. The average Bonchev–Trinajstić information content (AvgIpc) is 2.29. The highest BCUT2D eigenvalue weighted by Crippen LogP contribution is 2.09. The van der Waals surface area contributed by atoms with Gasteiger partial charge >= 0.3 is 0 Å². The second kappa shape index (κ2) is 5.69. The number of hydrogen-bond donors (Lipinski definition) is 1. The average molecular weight is 200 g/mol. The molecule has 0 saturated carbocycles. The molecule has 3 heteroatoms. The molecule has 0 aromatic rings. The summed E-state index contributed by atoms with van der Waals surface area (Å²) >= 11 is 0. The van der Waals surface area contributed by atoms with Crippen molar-refractivity contribution in [2.24, 2.45) is 0 Å². The summed E-state index contributed by atoms with van der Waals surface area (Å²) in [5.74, 6) is 0. The van der Waals surface area contributed by atoms with Gasteiger partial charge in [-0.2, -0.15) is 0 Å². The first kappa shape index (κ1) is 12.0. The molecule has 1 unspecified atom stereocenters. The van der Waals surface area contributed by atoms with Gasteiger partial charge < -0.3 is 10.0 Å². The van der Waals surface area contributed by atoms with Crippen LogP contribution in [-0.4, -0.2) is 60.3 Å². The van der Waals surface area contributed by atoms with Crippen LogP contribution in [0.15, 0.2) is 0 Å². The fourth-order valence-electron chi connectivity index (χ4n) is 2.09. The summed E-state index contributed by atoms with van der Waals surface area (Å²) in [5, 5.41) is 9.63. The fourth-order valence-corrected chi connectivity index (χ4v) is 2.09. The maximum absolute atomic E-state index is 9.63. The minimum atomic E-state index is -0.152. The molecule has 1 fully saturated rings. The van der Waals surface area contributed by atoms with E-state index in [9.17, 15) is 5.11 Å². The predicted molar refractivity (Wildman–Crippen MR) is 59.4 cm³/mol. The lowest BCUT2D eigenvalue weighted by Gasteiger charge is -2.29. The zero-order valence-electron chi connectivity index (χ0n) is 9.74. The SMILES string of the molecule is CC[C@@H](O)CN1CCCN(C)CC1C. The molecular formula is C11H24N2O. The van der Waals surface area contributed by atoms with E-state index in [-0.39, 0.29) is 6.10 Å². The largest absolute Gasteiger partial charge is 0.392 e. The molecule has 0 amide bonds. The molecule has 14 heavy (non-hydrogen) atoms. The van der Waals surface area contributed by atoms with E-state index in [1.165, 1.54) is 13.0 Å². The van der Waals surface area contributed by atoms with Crippen LogP contribution in [0.1, 0.15) is 26.7 Å². The zero-order chi connectivity index (χ0) is 10.6. The van der Waals surface area contributed by atoms with E-state index in [4.69, 9.17) is 0 Å². The van der Waals surface area contributed by atoms with Gasteiger partial charge in [0.15, 0.2) is 0 Å². The monoisotopic (exact) mass is 200 g/mol. The first-order valence-electron chi connectivity index (χ1n) is 5.74. The first-order chi connectivity index (χ1) is 6.63. The standard InChI is InChI=1S/C11H24N2O/c1-4-11(14)9-13-7-5-6-12(3)8-10(13)2/h10-11,14H,4-9H2,1-3H3/t10?,11-/m1/s1. The number of hydrogen-bond acceptors (Lipinski definition) is 3. The first-order valence-corrected chi connectivity index (χ1v) is 5.74. The van der Waals surface area contributed by atoms with E-state index in [0.717, 1.165) is 26.1 Å². The minimum absolute atomic E-state index is 0.152. The summed E-state index contributed by atoms with van der Waals surface area (Å²) in [4.78, 5) is 4.79. The summed E-state index contributed by atoms with van der Waals surface area (Å²) in [6, 6.07) is 0.573. The van der Waals surface area contributed by atoms with Crippen LogP contribution >= 0.6 is 0 Å². The molecule has 0 spiro atoms. The van der Waals surface area contributed by atoms with Gasteiger partial charge in [0.25, 0.3) is 0 Å². The second-order valence-corrected chi connectivity index (χ2v) is 4.52. The normalized spacial score (nSPS) is 28.7. The number of likely N-dealkylation sites (N-methyl/N-ethyl adjacent to an activating group) is 1. The van der Waals surface area contributed by atoms with Gasteiger partial charge in [-0.1, -0.05) is 6.92 Å². The zero-order valence-corrected chi connectivity index (χ0v) is 9.74. The number of aliphatic hydroxyl groups is 1. The number of rotatable bonds is 3. The third-order valence-electron chi connectivity index (χ3n) is 3.10. The summed E-state index contributed by atoms with van der Waals surface area (Å²) in [6.07, 6.45) is 1.93. The Morgan fingerprint density at radius 3 is 2.79 bits per heavy atom. The molecule has 2 atom stereocenters. The Morgan fingerprint density at radius 2 is 2.14 bits per heavy atom. The van der Waals surface area contributed by atoms with Crippen molar-refractivity contribution in [2.45, 2.75) is 38.8 Å². The Balaban J connectivity index is 2.42. The Morgan fingerprint density at radius 1 is 1.43 bits per heavy atom. The molecule has 0 aromatic carbocycles. The van der Waals surface area contributed by atoms with Gasteiger partial charge in [0.05, 0.1) is 6.10 Å². The number of aliphatic hydroxyl groups excluding tert-OH is 1. The van der Waals surface area contributed by atoms with Gasteiger partial charge in [-0.15, -0.1) is 0 Å². The van der Waals surface area contributed by atoms with Gasteiger partial charge in [-0.05, 0) is 39.9 Å². The van der Waals surface area contributed by atoms with Gasteiger partial charge in [-0.3, -0.25) is 4.90 Å². The van der Waals surface area contributed by atoms with Crippen molar-refractivity contribution in [1.82, 2.24) is 9.80 Å². The Labute approximate surface area is 87.7 Å². The molecule has 84 valence electrons. The molecule has 1 saturated heterocycles. The molecule has 3 nitrogen and oxygen atoms in total. The summed E-state index contributed by atoms with van der Waals surface area (Å²) < 4.78 is 0. The van der Waals surface area contributed by atoms with E-state index >= 15 is 0 Å². The molecule has 1 rings (SSSR count). The van der Waals surface area contributed by atoms with Crippen LogP contribution in [-0.2, 0) is 0 Å². The third-order valence-corrected chi connectivity index (χ3v) is 3.10. The van der Waals surface area contributed by atoms with Crippen LogP contribution < -0.4 is 0 Å². The van der Waals surface area contributed by atoms with Crippen molar-refractivity contribution < 1.29 is 5.11 Å². The lowest BCUT2D eigenvalue weighted by atomic mass is 10.2. The van der Waals surface area contributed by atoms with Crippen molar-refractivity contribution in [1.29, 1.82) is 0 Å². The van der Waals surface area contributed by atoms with Crippen LogP contribution in [0, 0.1) is 0 Å². The number of nitrogens with zero attached hydrogens (tertiary/aromatic N) is 2. The molecule has 0 bridgehead atoms. The van der Waals surface area contributed by atoms with Gasteiger partial charge in [0, 0.05) is 19.1 Å². The van der Waals surface area contributed by atoms with Gasteiger partial charge in [-0.25, -0.2) is 0 Å². The highest BCUT2D eigenvalue weighted by atomic mass is 16.3. The molecule has 1 aliphatic heterocycles. The topological polar surface area (TPSA) is 26.7 Å². The highest BCUT2D eigenvalue weighted by molar-refractivity contribution is 4.76. The predicted octanol–water partition coefficient (Wildman–Crippen LogP) is 0.783. The fraction of sp³-hybridized carbons (Fsp3) is 1.00. The van der Waals surface area contributed by atoms with Crippen molar-refractivity contribution in [3.63, 3.8) is 0 Å². The van der Waals surface area contributed by atoms with Crippen molar-refractivity contribution in [3.05, 3.63) is 0 Å². The summed E-state index contributed by atoms with van der Waals surface area (Å²) in [6.45, 7) is 8.57. The van der Waals surface area contributed by atoms with E-state index < -0.39 is 0 Å². The van der Waals surface area contributed by atoms with Crippen molar-refractivity contribution in [2.75, 3.05) is 33.2 Å². The Hall–Kier alpha value is -0.120. The van der Waals surface area contributed by atoms with E-state index in [1.807, 2.05) is 6.92 Å². The van der Waals surface area contributed by atoms with Crippen LogP contribution in [0.5, 0.6) is 0 Å². The Kier molecular flexibility index (Phi) is 4.85. The highest BCUT2D eigenvalue weighted by Gasteiger charge is 2.20. The van der Waals surface area contributed by atoms with Crippen LogP contribution in [0.3, 0.4) is 0 Å². The third kappa shape index (κ3) is 3.56. The molecule has 0 radical (unpaired) electrons. The van der Waals surface area contributed by atoms with Gasteiger partial charge in [0.2, 0.25) is 0 Å². The van der Waals surface area contributed by atoms with Gasteiger partial charge in [0.1, 0.15) is 0 Å². The molecule has 0 aromatic heterocycles. The lowest BCUT2D eigenvalue weighted by Crippen LogP contribution is -2.41.